The molecular formula is C10H16N2S. The zero-order valence-corrected chi connectivity index (χ0v) is 9.19. The van der Waals surface area contributed by atoms with Gasteiger partial charge in [0.2, 0.25) is 0 Å². The second-order valence-electron chi connectivity index (χ2n) is 3.12. The molecular weight excluding hydrogens is 180 g/mol. The van der Waals surface area contributed by atoms with Crippen LogP contribution in [0.15, 0.2) is 23.4 Å². The summed E-state index contributed by atoms with van der Waals surface area (Å²) in [6.07, 6.45) is 1.89. The van der Waals surface area contributed by atoms with Crippen LogP contribution in [0.1, 0.15) is 20.8 Å². The maximum atomic E-state index is 4.32. The molecule has 0 unspecified atom stereocenters. The first-order valence-electron chi connectivity index (χ1n) is 4.57. The van der Waals surface area contributed by atoms with Gasteiger partial charge in [0.1, 0.15) is 0 Å². The van der Waals surface area contributed by atoms with Crippen LogP contribution in [0.3, 0.4) is 0 Å². The number of pyridine rings is 1. The number of anilines is 1. The van der Waals surface area contributed by atoms with Crippen molar-refractivity contribution in [1.82, 2.24) is 4.98 Å². The summed E-state index contributed by atoms with van der Waals surface area (Å²) >= 11 is 1.76. The lowest BCUT2D eigenvalue weighted by Crippen LogP contribution is -2.09. The topological polar surface area (TPSA) is 24.9 Å². The zero-order chi connectivity index (χ0) is 9.68. The molecule has 0 amide bonds. The Morgan fingerprint density at radius 1 is 1.46 bits per heavy atom. The maximum absolute atomic E-state index is 4.32. The number of nitrogens with one attached hydrogen (secondary N) is 1. The van der Waals surface area contributed by atoms with Crippen LogP contribution in [-0.4, -0.2) is 16.8 Å². The molecule has 13 heavy (non-hydrogen) atoms. The molecule has 0 saturated heterocycles. The van der Waals surface area contributed by atoms with E-state index in [9.17, 15) is 0 Å². The lowest BCUT2D eigenvalue weighted by molar-refractivity contribution is 0.895. The Labute approximate surface area is 84.1 Å². The number of hydrogen-bond donors (Lipinski definition) is 1. The van der Waals surface area contributed by atoms with Crippen molar-refractivity contribution in [3.8, 4) is 0 Å². The minimum atomic E-state index is 0.464. The van der Waals surface area contributed by atoms with Crippen molar-refractivity contribution in [2.45, 2.75) is 31.8 Å². The minimum Gasteiger partial charge on any atom is -0.382 e. The molecule has 0 fully saturated rings. The van der Waals surface area contributed by atoms with Crippen molar-refractivity contribution in [3.63, 3.8) is 0 Å². The summed E-state index contributed by atoms with van der Waals surface area (Å²) in [5.74, 6) is 1.07. The number of thioether (sulfide) groups is 1. The summed E-state index contributed by atoms with van der Waals surface area (Å²) in [4.78, 5) is 4.32. The van der Waals surface area contributed by atoms with E-state index in [4.69, 9.17) is 0 Å². The van der Waals surface area contributed by atoms with E-state index in [2.05, 4.69) is 43.2 Å². The first-order valence-corrected chi connectivity index (χ1v) is 5.56. The predicted octanol–water partition coefficient (Wildman–Crippen LogP) is 3.01. The Balaban J connectivity index is 2.59. The fourth-order valence-corrected chi connectivity index (χ4v) is 1.62. The molecule has 0 spiro atoms. The van der Waals surface area contributed by atoms with E-state index >= 15 is 0 Å². The Bertz CT molecular complexity index is 244. The van der Waals surface area contributed by atoms with E-state index in [1.165, 1.54) is 0 Å². The van der Waals surface area contributed by atoms with Crippen molar-refractivity contribution < 1.29 is 0 Å². The van der Waals surface area contributed by atoms with Crippen molar-refractivity contribution >= 4 is 17.4 Å². The van der Waals surface area contributed by atoms with Crippen LogP contribution in [0.5, 0.6) is 0 Å². The van der Waals surface area contributed by atoms with Gasteiger partial charge in [0.25, 0.3) is 0 Å². The van der Waals surface area contributed by atoms with Gasteiger partial charge in [0.15, 0.2) is 0 Å². The Kier molecular flexibility index (Phi) is 4.09. The highest BCUT2D eigenvalue weighted by atomic mass is 32.2. The van der Waals surface area contributed by atoms with Crippen LogP contribution in [0, 0.1) is 0 Å². The van der Waals surface area contributed by atoms with E-state index in [1.807, 2.05) is 6.20 Å². The predicted molar refractivity (Wildman–Crippen MR) is 59.4 cm³/mol. The lowest BCUT2D eigenvalue weighted by Gasteiger charge is -2.09. The number of rotatable bonds is 4. The van der Waals surface area contributed by atoms with Crippen molar-refractivity contribution in [3.05, 3.63) is 18.3 Å². The van der Waals surface area contributed by atoms with Gasteiger partial charge in [-0.2, -0.15) is 0 Å². The molecule has 0 bridgehead atoms. The molecule has 3 heteroatoms. The molecule has 1 N–H and O–H groups in total. The Hall–Kier alpha value is -0.700. The average Bonchev–Trinajstić information content (AvgIpc) is 2.08. The largest absolute Gasteiger partial charge is 0.382 e. The van der Waals surface area contributed by atoms with E-state index in [0.29, 0.717) is 6.04 Å². The van der Waals surface area contributed by atoms with Crippen LogP contribution in [0.2, 0.25) is 0 Å². The fourth-order valence-electron chi connectivity index (χ4n) is 1.03. The summed E-state index contributed by atoms with van der Waals surface area (Å²) in [5, 5.41) is 4.40. The molecule has 1 aromatic heterocycles. The van der Waals surface area contributed by atoms with Crippen LogP contribution in [-0.2, 0) is 0 Å². The second kappa shape index (κ2) is 5.12. The molecule has 0 atom stereocenters. The standard InChI is InChI=1S/C10H16N2S/c1-4-13-10-6-5-9(7-11-10)12-8(2)3/h5-8,12H,4H2,1-3H3. The first kappa shape index (κ1) is 10.4. The quantitative estimate of drug-likeness (QED) is 0.749. The van der Waals surface area contributed by atoms with Crippen molar-refractivity contribution in [1.29, 1.82) is 0 Å². The normalized spacial score (nSPS) is 10.5. The molecule has 1 aromatic rings. The molecule has 0 aromatic carbocycles. The third-order valence-corrected chi connectivity index (χ3v) is 2.31. The van der Waals surface area contributed by atoms with Crippen LogP contribution in [0.25, 0.3) is 0 Å². The second-order valence-corrected chi connectivity index (χ2v) is 4.40. The van der Waals surface area contributed by atoms with E-state index < -0.39 is 0 Å². The molecule has 0 aliphatic heterocycles. The van der Waals surface area contributed by atoms with E-state index in [-0.39, 0.29) is 0 Å². The van der Waals surface area contributed by atoms with Gasteiger partial charge >= 0.3 is 0 Å². The molecule has 2 nitrogen and oxygen atoms in total. The fraction of sp³-hybridized carbons (Fsp3) is 0.500. The van der Waals surface area contributed by atoms with E-state index in [1.54, 1.807) is 11.8 Å². The lowest BCUT2D eigenvalue weighted by atomic mass is 10.3. The molecule has 1 heterocycles. The monoisotopic (exact) mass is 196 g/mol. The summed E-state index contributed by atoms with van der Waals surface area (Å²) in [6.45, 7) is 6.37. The molecule has 0 aliphatic carbocycles. The van der Waals surface area contributed by atoms with Gasteiger partial charge in [-0.15, -0.1) is 11.8 Å². The number of aromatic nitrogens is 1. The molecule has 72 valence electrons. The summed E-state index contributed by atoms with van der Waals surface area (Å²) in [6, 6.07) is 4.59. The van der Waals surface area contributed by atoms with Gasteiger partial charge in [-0.1, -0.05) is 6.92 Å². The Morgan fingerprint density at radius 3 is 2.69 bits per heavy atom. The number of hydrogen-bond acceptors (Lipinski definition) is 3. The third kappa shape index (κ3) is 3.68. The first-order chi connectivity index (χ1) is 6.22. The highest BCUT2D eigenvalue weighted by Gasteiger charge is 1.96. The van der Waals surface area contributed by atoms with Gasteiger partial charge in [-0.05, 0) is 31.7 Å². The molecule has 0 aliphatic rings. The van der Waals surface area contributed by atoms with Crippen molar-refractivity contribution in [2.24, 2.45) is 0 Å². The zero-order valence-electron chi connectivity index (χ0n) is 8.37. The SMILES string of the molecule is CCSc1ccc(NC(C)C)cn1. The van der Waals surface area contributed by atoms with Crippen LogP contribution >= 0.6 is 11.8 Å². The van der Waals surface area contributed by atoms with Gasteiger partial charge < -0.3 is 5.32 Å². The molecule has 1 rings (SSSR count). The van der Waals surface area contributed by atoms with Crippen LogP contribution in [0.4, 0.5) is 5.69 Å². The highest BCUT2D eigenvalue weighted by Crippen LogP contribution is 2.16. The smallest absolute Gasteiger partial charge is 0.0961 e. The van der Waals surface area contributed by atoms with Gasteiger partial charge in [-0.3, -0.25) is 0 Å². The number of nitrogens with zero attached hydrogens (tertiary/aromatic N) is 1. The maximum Gasteiger partial charge on any atom is 0.0961 e. The highest BCUT2D eigenvalue weighted by molar-refractivity contribution is 7.99. The molecule has 0 radical (unpaired) electrons. The van der Waals surface area contributed by atoms with Gasteiger partial charge in [0.05, 0.1) is 16.9 Å². The third-order valence-electron chi connectivity index (χ3n) is 1.48. The van der Waals surface area contributed by atoms with Crippen LogP contribution < -0.4 is 5.32 Å². The summed E-state index contributed by atoms with van der Waals surface area (Å²) in [7, 11) is 0. The van der Waals surface area contributed by atoms with Crippen molar-refractivity contribution in [2.75, 3.05) is 11.1 Å². The summed E-state index contributed by atoms with van der Waals surface area (Å²) in [5.41, 5.74) is 1.09. The average molecular weight is 196 g/mol. The summed E-state index contributed by atoms with van der Waals surface area (Å²) < 4.78 is 0. The van der Waals surface area contributed by atoms with Gasteiger partial charge in [0, 0.05) is 6.04 Å². The van der Waals surface area contributed by atoms with Gasteiger partial charge in [-0.25, -0.2) is 4.98 Å². The Morgan fingerprint density at radius 2 is 2.23 bits per heavy atom. The molecule has 0 saturated carbocycles. The minimum absolute atomic E-state index is 0.464. The van der Waals surface area contributed by atoms with E-state index in [0.717, 1.165) is 16.5 Å².